The highest BCUT2D eigenvalue weighted by molar-refractivity contribution is 6.07. The summed E-state index contributed by atoms with van der Waals surface area (Å²) in [6, 6.07) is 16.3. The summed E-state index contributed by atoms with van der Waals surface area (Å²) in [6.45, 7) is 0.756. The van der Waals surface area contributed by atoms with Crippen LogP contribution < -0.4 is 10.2 Å². The van der Waals surface area contributed by atoms with Gasteiger partial charge in [-0.05, 0) is 36.6 Å². The molecule has 120 valence electrons. The van der Waals surface area contributed by atoms with Crippen LogP contribution in [0.5, 0.6) is 5.75 Å². The fraction of sp³-hybridized carbons (Fsp3) is 0.158. The number of aromatic hydroxyl groups is 1. The number of nitriles is 1. The summed E-state index contributed by atoms with van der Waals surface area (Å²) >= 11 is 0. The van der Waals surface area contributed by atoms with Crippen molar-refractivity contribution in [3.05, 3.63) is 65.9 Å². The molecule has 5 heteroatoms. The molecule has 1 aliphatic heterocycles. The third-order valence-electron chi connectivity index (χ3n) is 3.95. The van der Waals surface area contributed by atoms with Crippen LogP contribution in [0, 0.1) is 11.3 Å². The minimum absolute atomic E-state index is 0.00467. The van der Waals surface area contributed by atoms with Crippen molar-refractivity contribution >= 4 is 17.3 Å². The number of benzene rings is 2. The van der Waals surface area contributed by atoms with Gasteiger partial charge in [-0.15, -0.1) is 0 Å². The summed E-state index contributed by atoms with van der Waals surface area (Å²) < 4.78 is 0. The first-order valence-corrected chi connectivity index (χ1v) is 7.75. The van der Waals surface area contributed by atoms with Crippen LogP contribution in [-0.2, 0) is 11.2 Å². The van der Waals surface area contributed by atoms with Crippen LogP contribution in [0.1, 0.15) is 12.0 Å². The Morgan fingerprint density at radius 2 is 1.96 bits per heavy atom. The molecule has 0 atom stereocenters. The van der Waals surface area contributed by atoms with Crippen molar-refractivity contribution in [1.82, 2.24) is 0 Å². The average molecular weight is 319 g/mol. The van der Waals surface area contributed by atoms with Gasteiger partial charge in [0, 0.05) is 18.4 Å². The number of para-hydroxylation sites is 3. The monoisotopic (exact) mass is 319 g/mol. The van der Waals surface area contributed by atoms with Gasteiger partial charge in [-0.3, -0.25) is 4.79 Å². The van der Waals surface area contributed by atoms with Gasteiger partial charge in [0.25, 0.3) is 5.91 Å². The number of carbonyl (C=O) groups excluding carboxylic acids is 1. The van der Waals surface area contributed by atoms with E-state index in [9.17, 15) is 15.2 Å². The topological polar surface area (TPSA) is 76.4 Å². The van der Waals surface area contributed by atoms with E-state index in [0.717, 1.165) is 25.1 Å². The Balaban J connectivity index is 1.84. The Kier molecular flexibility index (Phi) is 4.48. The number of rotatable bonds is 3. The van der Waals surface area contributed by atoms with Crippen LogP contribution in [0.3, 0.4) is 0 Å². The summed E-state index contributed by atoms with van der Waals surface area (Å²) in [6.07, 6.45) is 3.53. The third-order valence-corrected chi connectivity index (χ3v) is 3.95. The molecule has 0 fully saturated rings. The minimum atomic E-state index is -0.540. The summed E-state index contributed by atoms with van der Waals surface area (Å²) in [5.74, 6) is -0.575. The van der Waals surface area contributed by atoms with E-state index in [1.807, 2.05) is 29.2 Å². The van der Waals surface area contributed by atoms with Crippen molar-refractivity contribution < 1.29 is 9.90 Å². The molecule has 0 bridgehead atoms. The highest BCUT2D eigenvalue weighted by atomic mass is 16.3. The Morgan fingerprint density at radius 3 is 2.75 bits per heavy atom. The Labute approximate surface area is 140 Å². The number of amides is 1. The molecule has 1 heterocycles. The second-order valence-electron chi connectivity index (χ2n) is 5.55. The minimum Gasteiger partial charge on any atom is -0.506 e. The van der Waals surface area contributed by atoms with E-state index < -0.39 is 5.91 Å². The number of hydrogen-bond donors (Lipinski definition) is 2. The fourth-order valence-corrected chi connectivity index (χ4v) is 2.76. The van der Waals surface area contributed by atoms with E-state index in [1.165, 1.54) is 11.6 Å². The lowest BCUT2D eigenvalue weighted by Gasteiger charge is -2.28. The van der Waals surface area contributed by atoms with E-state index in [2.05, 4.69) is 11.4 Å². The second-order valence-corrected chi connectivity index (χ2v) is 5.55. The quantitative estimate of drug-likeness (QED) is 0.517. The first kappa shape index (κ1) is 15.6. The molecule has 24 heavy (non-hydrogen) atoms. The van der Waals surface area contributed by atoms with Gasteiger partial charge in [0.05, 0.1) is 5.69 Å². The maximum Gasteiger partial charge on any atom is 0.267 e. The lowest BCUT2D eigenvalue weighted by Crippen LogP contribution is -2.26. The molecule has 5 nitrogen and oxygen atoms in total. The van der Waals surface area contributed by atoms with E-state index in [1.54, 1.807) is 24.4 Å². The molecule has 1 amide bonds. The molecule has 0 aliphatic carbocycles. The van der Waals surface area contributed by atoms with Crippen LogP contribution >= 0.6 is 0 Å². The van der Waals surface area contributed by atoms with Crippen LogP contribution in [0.2, 0.25) is 0 Å². The number of aryl methyl sites for hydroxylation is 1. The maximum absolute atomic E-state index is 12.3. The highest BCUT2D eigenvalue weighted by Crippen LogP contribution is 2.28. The first-order chi connectivity index (χ1) is 11.7. The van der Waals surface area contributed by atoms with Gasteiger partial charge >= 0.3 is 0 Å². The van der Waals surface area contributed by atoms with Crippen molar-refractivity contribution in [2.45, 2.75) is 12.8 Å². The van der Waals surface area contributed by atoms with Gasteiger partial charge in [0.15, 0.2) is 0 Å². The van der Waals surface area contributed by atoms with E-state index in [-0.39, 0.29) is 17.0 Å². The van der Waals surface area contributed by atoms with Crippen molar-refractivity contribution in [3.63, 3.8) is 0 Å². The van der Waals surface area contributed by atoms with Gasteiger partial charge in [0.1, 0.15) is 17.4 Å². The molecule has 0 unspecified atom stereocenters. The lowest BCUT2D eigenvalue weighted by atomic mass is 10.0. The number of phenolic OH excluding ortho intramolecular Hbond substituents is 1. The van der Waals surface area contributed by atoms with E-state index >= 15 is 0 Å². The van der Waals surface area contributed by atoms with Gasteiger partial charge in [-0.25, -0.2) is 0 Å². The lowest BCUT2D eigenvalue weighted by molar-refractivity contribution is -0.112. The van der Waals surface area contributed by atoms with Gasteiger partial charge in [0.2, 0.25) is 0 Å². The highest BCUT2D eigenvalue weighted by Gasteiger charge is 2.18. The van der Waals surface area contributed by atoms with Crippen molar-refractivity contribution in [1.29, 1.82) is 5.26 Å². The zero-order valence-corrected chi connectivity index (χ0v) is 13.1. The number of phenols is 1. The predicted molar refractivity (Wildman–Crippen MR) is 92.5 cm³/mol. The number of carbonyl (C=O) groups is 1. The molecule has 0 spiro atoms. The summed E-state index contributed by atoms with van der Waals surface area (Å²) in [5, 5.41) is 21.7. The molecule has 0 saturated heterocycles. The number of fused-ring (bicyclic) bond motifs is 1. The molecule has 2 aromatic rings. The number of nitrogens with zero attached hydrogens (tertiary/aromatic N) is 2. The molecule has 0 radical (unpaired) electrons. The van der Waals surface area contributed by atoms with Crippen LogP contribution in [0.25, 0.3) is 0 Å². The van der Waals surface area contributed by atoms with Gasteiger partial charge in [-0.1, -0.05) is 30.3 Å². The van der Waals surface area contributed by atoms with Crippen LogP contribution in [-0.4, -0.2) is 17.6 Å². The standard InChI is InChI=1S/C19H17N3O2/c20-12-15(19(24)21-16-8-2-4-10-18(16)23)13-22-11-5-7-14-6-1-3-9-17(14)22/h1-4,6,8-10,13,23H,5,7,11H2,(H,21,24)/b15-13-. The summed E-state index contributed by atoms with van der Waals surface area (Å²) in [7, 11) is 0. The maximum atomic E-state index is 12.3. The third kappa shape index (κ3) is 3.23. The van der Waals surface area contributed by atoms with Crippen LogP contribution in [0.4, 0.5) is 11.4 Å². The molecule has 3 rings (SSSR count). The smallest absolute Gasteiger partial charge is 0.267 e. The van der Waals surface area contributed by atoms with E-state index in [0.29, 0.717) is 0 Å². The molecule has 1 aliphatic rings. The SMILES string of the molecule is N#C/C(=C/N1CCCc2ccccc21)C(=O)Nc1ccccc1O. The molecule has 0 saturated carbocycles. The number of hydrogen-bond acceptors (Lipinski definition) is 4. The van der Waals surface area contributed by atoms with Crippen molar-refractivity contribution in [2.24, 2.45) is 0 Å². The molecule has 2 aromatic carbocycles. The number of anilines is 2. The second kappa shape index (κ2) is 6.88. The van der Waals surface area contributed by atoms with Gasteiger partial charge in [-0.2, -0.15) is 5.26 Å². The molecular weight excluding hydrogens is 302 g/mol. The Bertz CT molecular complexity index is 837. The first-order valence-electron chi connectivity index (χ1n) is 7.75. The Morgan fingerprint density at radius 1 is 1.21 bits per heavy atom. The molecular formula is C19H17N3O2. The normalized spacial score (nSPS) is 13.8. The van der Waals surface area contributed by atoms with Crippen molar-refractivity contribution in [2.75, 3.05) is 16.8 Å². The molecule has 2 N–H and O–H groups in total. The van der Waals surface area contributed by atoms with Crippen molar-refractivity contribution in [3.8, 4) is 11.8 Å². The zero-order chi connectivity index (χ0) is 16.9. The molecule has 0 aromatic heterocycles. The Hall–Kier alpha value is -3.26. The number of nitrogens with one attached hydrogen (secondary N) is 1. The fourth-order valence-electron chi connectivity index (χ4n) is 2.76. The summed E-state index contributed by atoms with van der Waals surface area (Å²) in [5.41, 5.74) is 2.50. The van der Waals surface area contributed by atoms with Crippen LogP contribution in [0.15, 0.2) is 60.3 Å². The van der Waals surface area contributed by atoms with Gasteiger partial charge < -0.3 is 15.3 Å². The predicted octanol–water partition coefficient (Wildman–Crippen LogP) is 3.19. The average Bonchev–Trinajstić information content (AvgIpc) is 2.61. The largest absolute Gasteiger partial charge is 0.506 e. The summed E-state index contributed by atoms with van der Waals surface area (Å²) in [4.78, 5) is 14.3. The van der Waals surface area contributed by atoms with E-state index in [4.69, 9.17) is 0 Å². The zero-order valence-electron chi connectivity index (χ0n) is 13.1.